The van der Waals surface area contributed by atoms with Gasteiger partial charge in [0.25, 0.3) is 5.56 Å². The molecule has 29 heavy (non-hydrogen) atoms. The molecule has 0 aliphatic rings. The number of halogens is 1. The Morgan fingerprint density at radius 1 is 1.21 bits per heavy atom. The molecule has 0 aliphatic heterocycles. The Hall–Kier alpha value is -3.26. The average molecular weight is 414 g/mol. The van der Waals surface area contributed by atoms with Gasteiger partial charge in [-0.25, -0.2) is 9.18 Å². The van der Waals surface area contributed by atoms with Crippen molar-refractivity contribution in [1.29, 1.82) is 0 Å². The zero-order chi connectivity index (χ0) is 21.0. The third-order valence-electron chi connectivity index (χ3n) is 4.20. The standard InChI is InChI=1S/C21H19FN2O4S/c1-3-28-21(27)18-16(14-6-8-15(22)9-7-14)12-29-19(18)23-17(25)11-24-10-4-5-13(2)20(24)26/h4-10,12H,3,11H2,1-2H3,(H,23,25). The highest BCUT2D eigenvalue weighted by Gasteiger charge is 2.23. The van der Waals surface area contributed by atoms with E-state index in [0.717, 1.165) is 11.3 Å². The van der Waals surface area contributed by atoms with Crippen molar-refractivity contribution in [1.82, 2.24) is 4.57 Å². The minimum atomic E-state index is -0.587. The molecule has 1 aromatic carbocycles. The summed E-state index contributed by atoms with van der Waals surface area (Å²) in [5.74, 6) is -1.43. The smallest absolute Gasteiger partial charge is 0.341 e. The van der Waals surface area contributed by atoms with Crippen molar-refractivity contribution in [3.63, 3.8) is 0 Å². The molecule has 0 saturated heterocycles. The van der Waals surface area contributed by atoms with Crippen molar-refractivity contribution in [2.45, 2.75) is 20.4 Å². The molecule has 2 aromatic heterocycles. The van der Waals surface area contributed by atoms with Gasteiger partial charge in [0.1, 0.15) is 22.9 Å². The topological polar surface area (TPSA) is 77.4 Å². The van der Waals surface area contributed by atoms with Gasteiger partial charge in [0.05, 0.1) is 6.61 Å². The van der Waals surface area contributed by atoms with E-state index in [9.17, 15) is 18.8 Å². The molecule has 0 radical (unpaired) electrons. The number of nitrogens with one attached hydrogen (secondary N) is 1. The van der Waals surface area contributed by atoms with Gasteiger partial charge in [-0.1, -0.05) is 18.2 Å². The first-order chi connectivity index (χ1) is 13.9. The van der Waals surface area contributed by atoms with Crippen molar-refractivity contribution in [2.75, 3.05) is 11.9 Å². The molecule has 0 fully saturated rings. The first-order valence-electron chi connectivity index (χ1n) is 8.91. The van der Waals surface area contributed by atoms with Crippen LogP contribution in [0.25, 0.3) is 11.1 Å². The number of pyridine rings is 1. The summed E-state index contributed by atoms with van der Waals surface area (Å²) in [5, 5.41) is 4.71. The number of esters is 1. The first-order valence-corrected chi connectivity index (χ1v) is 9.79. The van der Waals surface area contributed by atoms with Crippen LogP contribution >= 0.6 is 11.3 Å². The first kappa shape index (κ1) is 20.5. The lowest BCUT2D eigenvalue weighted by atomic mass is 10.0. The fourth-order valence-electron chi connectivity index (χ4n) is 2.80. The molecule has 8 heteroatoms. The molecule has 150 valence electrons. The SMILES string of the molecule is CCOC(=O)c1c(-c2ccc(F)cc2)csc1NC(=O)Cn1cccc(C)c1=O. The molecule has 0 atom stereocenters. The van der Waals surface area contributed by atoms with Gasteiger partial charge in [-0.15, -0.1) is 11.3 Å². The lowest BCUT2D eigenvalue weighted by Crippen LogP contribution is -2.28. The van der Waals surface area contributed by atoms with E-state index in [4.69, 9.17) is 4.74 Å². The zero-order valence-corrected chi connectivity index (χ0v) is 16.7. The van der Waals surface area contributed by atoms with Crippen LogP contribution in [0.5, 0.6) is 0 Å². The van der Waals surface area contributed by atoms with E-state index in [2.05, 4.69) is 5.32 Å². The normalized spacial score (nSPS) is 10.6. The van der Waals surface area contributed by atoms with E-state index < -0.39 is 17.7 Å². The summed E-state index contributed by atoms with van der Waals surface area (Å²) in [7, 11) is 0. The van der Waals surface area contributed by atoms with Crippen LogP contribution in [0.2, 0.25) is 0 Å². The van der Waals surface area contributed by atoms with E-state index in [-0.39, 0.29) is 24.3 Å². The lowest BCUT2D eigenvalue weighted by Gasteiger charge is -2.10. The summed E-state index contributed by atoms with van der Waals surface area (Å²) in [6.45, 7) is 3.34. The van der Waals surface area contributed by atoms with Gasteiger partial charge in [-0.3, -0.25) is 9.59 Å². The minimum Gasteiger partial charge on any atom is -0.462 e. The van der Waals surface area contributed by atoms with Crippen LogP contribution in [0.15, 0.2) is 52.8 Å². The van der Waals surface area contributed by atoms with Gasteiger partial charge in [-0.05, 0) is 37.6 Å². The van der Waals surface area contributed by atoms with E-state index in [0.29, 0.717) is 21.7 Å². The number of hydrogen-bond donors (Lipinski definition) is 1. The van der Waals surface area contributed by atoms with Gasteiger partial charge in [0, 0.05) is 22.7 Å². The Labute approximate surface area is 170 Å². The molecule has 0 aliphatic carbocycles. The second kappa shape index (κ2) is 8.83. The highest BCUT2D eigenvalue weighted by atomic mass is 32.1. The summed E-state index contributed by atoms with van der Waals surface area (Å²) in [6.07, 6.45) is 1.53. The number of aromatic nitrogens is 1. The second-order valence-electron chi connectivity index (χ2n) is 6.25. The predicted molar refractivity (Wildman–Crippen MR) is 110 cm³/mol. The molecule has 6 nitrogen and oxygen atoms in total. The van der Waals surface area contributed by atoms with Crippen LogP contribution in [0.1, 0.15) is 22.8 Å². The molecule has 0 saturated carbocycles. The number of thiophene rings is 1. The fraction of sp³-hybridized carbons (Fsp3) is 0.190. The van der Waals surface area contributed by atoms with Crippen LogP contribution in [-0.2, 0) is 16.1 Å². The molecule has 0 spiro atoms. The van der Waals surface area contributed by atoms with Crippen molar-refractivity contribution in [3.05, 3.63) is 75.3 Å². The third kappa shape index (κ3) is 4.60. The van der Waals surface area contributed by atoms with Crippen LogP contribution in [-0.4, -0.2) is 23.1 Å². The number of carbonyl (C=O) groups excluding carboxylic acids is 2. The number of ether oxygens (including phenoxy) is 1. The number of hydrogen-bond acceptors (Lipinski definition) is 5. The second-order valence-corrected chi connectivity index (χ2v) is 7.13. The maximum atomic E-state index is 13.3. The summed E-state index contributed by atoms with van der Waals surface area (Å²) in [6, 6.07) is 9.06. The number of anilines is 1. The van der Waals surface area contributed by atoms with Gasteiger partial charge >= 0.3 is 5.97 Å². The maximum absolute atomic E-state index is 13.3. The highest BCUT2D eigenvalue weighted by Crippen LogP contribution is 2.36. The summed E-state index contributed by atoms with van der Waals surface area (Å²) >= 11 is 1.16. The number of aryl methyl sites for hydroxylation is 1. The molecule has 3 rings (SSSR count). The Balaban J connectivity index is 1.91. The van der Waals surface area contributed by atoms with Crippen LogP contribution < -0.4 is 10.9 Å². The molecule has 0 bridgehead atoms. The maximum Gasteiger partial charge on any atom is 0.341 e. The van der Waals surface area contributed by atoms with Crippen molar-refractivity contribution in [3.8, 4) is 11.1 Å². The molecule has 2 heterocycles. The van der Waals surface area contributed by atoms with Crippen LogP contribution in [0, 0.1) is 12.7 Å². The summed E-state index contributed by atoms with van der Waals surface area (Å²) < 4.78 is 19.7. The van der Waals surface area contributed by atoms with Gasteiger partial charge < -0.3 is 14.6 Å². The van der Waals surface area contributed by atoms with E-state index in [1.165, 1.54) is 22.9 Å². The number of carbonyl (C=O) groups is 2. The largest absolute Gasteiger partial charge is 0.462 e. The van der Waals surface area contributed by atoms with Gasteiger partial charge in [0.15, 0.2) is 0 Å². The molecule has 1 amide bonds. The molecular formula is C21H19FN2O4S. The van der Waals surface area contributed by atoms with Crippen molar-refractivity contribution in [2.24, 2.45) is 0 Å². The summed E-state index contributed by atoms with van der Waals surface area (Å²) in [4.78, 5) is 37.1. The Morgan fingerprint density at radius 3 is 2.62 bits per heavy atom. The highest BCUT2D eigenvalue weighted by molar-refractivity contribution is 7.15. The number of amides is 1. The van der Waals surface area contributed by atoms with E-state index >= 15 is 0 Å². The monoisotopic (exact) mass is 414 g/mol. The van der Waals surface area contributed by atoms with Gasteiger partial charge in [-0.2, -0.15) is 0 Å². The molecular weight excluding hydrogens is 395 g/mol. The molecule has 1 N–H and O–H groups in total. The Bertz CT molecular complexity index is 1100. The quantitative estimate of drug-likeness (QED) is 0.622. The predicted octanol–water partition coefficient (Wildman–Crippen LogP) is 3.84. The summed E-state index contributed by atoms with van der Waals surface area (Å²) in [5.41, 5.74) is 1.64. The van der Waals surface area contributed by atoms with E-state index in [1.54, 1.807) is 43.5 Å². The fourth-order valence-corrected chi connectivity index (χ4v) is 3.77. The van der Waals surface area contributed by atoms with Crippen molar-refractivity contribution >= 4 is 28.2 Å². The number of nitrogens with zero attached hydrogens (tertiary/aromatic N) is 1. The van der Waals surface area contributed by atoms with Crippen LogP contribution in [0.4, 0.5) is 9.39 Å². The third-order valence-corrected chi connectivity index (χ3v) is 5.10. The number of benzene rings is 1. The van der Waals surface area contributed by atoms with Crippen molar-refractivity contribution < 1.29 is 18.7 Å². The molecule has 3 aromatic rings. The Morgan fingerprint density at radius 2 is 1.93 bits per heavy atom. The van der Waals surface area contributed by atoms with Crippen LogP contribution in [0.3, 0.4) is 0 Å². The minimum absolute atomic E-state index is 0.170. The number of rotatable bonds is 6. The molecule has 0 unspecified atom stereocenters. The van der Waals surface area contributed by atoms with Gasteiger partial charge in [0.2, 0.25) is 5.91 Å². The average Bonchev–Trinajstić information content (AvgIpc) is 3.09. The lowest BCUT2D eigenvalue weighted by molar-refractivity contribution is -0.116. The van der Waals surface area contributed by atoms with E-state index in [1.807, 2.05) is 0 Å². The zero-order valence-electron chi connectivity index (χ0n) is 15.9. The Kier molecular flexibility index (Phi) is 6.23.